The number of hydrogen-bond donors (Lipinski definition) is 0. The van der Waals surface area contributed by atoms with Gasteiger partial charge in [-0.15, -0.1) is 0 Å². The normalized spacial score (nSPS) is 12.9. The molecule has 0 aromatic rings. The Morgan fingerprint density at radius 3 is 0.762 bits per heavy atom. The van der Waals surface area contributed by atoms with Crippen molar-refractivity contribution in [3.63, 3.8) is 0 Å². The third-order valence-electron chi connectivity index (χ3n) is 14.2. The zero-order valence-electron chi connectivity index (χ0n) is 52.3. The van der Waals surface area contributed by atoms with E-state index in [-0.39, 0.29) is 31.1 Å². The van der Waals surface area contributed by atoms with Crippen molar-refractivity contribution in [2.75, 3.05) is 13.2 Å². The first-order chi connectivity index (χ1) is 39.5. The third-order valence-corrected chi connectivity index (χ3v) is 14.2. The van der Waals surface area contributed by atoms with Crippen molar-refractivity contribution in [1.29, 1.82) is 0 Å². The van der Waals surface area contributed by atoms with Gasteiger partial charge >= 0.3 is 17.9 Å². The van der Waals surface area contributed by atoms with Gasteiger partial charge in [-0.25, -0.2) is 0 Å². The zero-order chi connectivity index (χ0) is 57.8. The molecule has 0 heterocycles. The maximum atomic E-state index is 12.9. The van der Waals surface area contributed by atoms with Gasteiger partial charge in [0.1, 0.15) is 13.2 Å². The van der Waals surface area contributed by atoms with Crippen molar-refractivity contribution in [3.05, 3.63) is 122 Å². The quantitative estimate of drug-likeness (QED) is 0.0261. The van der Waals surface area contributed by atoms with Crippen LogP contribution in [0.4, 0.5) is 0 Å². The van der Waals surface area contributed by atoms with E-state index in [1.54, 1.807) is 0 Å². The van der Waals surface area contributed by atoms with Gasteiger partial charge in [-0.2, -0.15) is 0 Å². The molecule has 80 heavy (non-hydrogen) atoms. The summed E-state index contributed by atoms with van der Waals surface area (Å²) < 4.78 is 16.8. The Balaban J connectivity index is 4.04. The molecule has 0 rings (SSSR count). The lowest BCUT2D eigenvalue weighted by Gasteiger charge is -2.18. The molecule has 0 spiro atoms. The second kappa shape index (κ2) is 67.3. The summed E-state index contributed by atoms with van der Waals surface area (Å²) in [6, 6.07) is 0. The highest BCUT2D eigenvalue weighted by Gasteiger charge is 2.19. The first-order valence-corrected chi connectivity index (χ1v) is 33.5. The van der Waals surface area contributed by atoms with Gasteiger partial charge in [0.2, 0.25) is 0 Å². The van der Waals surface area contributed by atoms with Crippen LogP contribution in [0.5, 0.6) is 0 Å². The van der Waals surface area contributed by atoms with Crippen LogP contribution in [0.15, 0.2) is 122 Å². The largest absolute Gasteiger partial charge is 0.462 e. The number of allylic oxidation sites excluding steroid dienone is 20. The fraction of sp³-hybridized carbons (Fsp3) is 0.689. The van der Waals surface area contributed by atoms with Crippen LogP contribution in [0, 0.1) is 0 Å². The van der Waals surface area contributed by atoms with E-state index in [4.69, 9.17) is 14.2 Å². The molecular formula is C74H124O6. The van der Waals surface area contributed by atoms with E-state index in [0.29, 0.717) is 19.3 Å². The molecule has 0 aromatic heterocycles. The molecule has 0 aromatic carbocycles. The first kappa shape index (κ1) is 75.8. The molecule has 0 aliphatic rings. The summed E-state index contributed by atoms with van der Waals surface area (Å²) in [6.07, 6.45) is 94.0. The Hall–Kier alpha value is -4.19. The average molecular weight is 1110 g/mol. The number of ether oxygens (including phenoxy) is 3. The Morgan fingerprint density at radius 2 is 0.487 bits per heavy atom. The van der Waals surface area contributed by atoms with E-state index in [9.17, 15) is 14.4 Å². The Kier molecular flexibility index (Phi) is 63.8. The van der Waals surface area contributed by atoms with Crippen LogP contribution < -0.4 is 0 Å². The fourth-order valence-electron chi connectivity index (χ4n) is 9.26. The summed E-state index contributed by atoms with van der Waals surface area (Å²) in [7, 11) is 0. The Morgan fingerprint density at radius 1 is 0.263 bits per heavy atom. The monoisotopic (exact) mass is 1110 g/mol. The third kappa shape index (κ3) is 64.6. The number of carbonyl (C=O) groups excluding carboxylic acids is 3. The van der Waals surface area contributed by atoms with Gasteiger partial charge in [-0.1, -0.05) is 303 Å². The molecule has 0 saturated carbocycles. The fourth-order valence-corrected chi connectivity index (χ4v) is 9.26. The lowest BCUT2D eigenvalue weighted by Crippen LogP contribution is -2.30. The van der Waals surface area contributed by atoms with Crippen LogP contribution in [0.1, 0.15) is 310 Å². The number of hydrogen-bond acceptors (Lipinski definition) is 6. The molecular weight excluding hydrogens is 985 g/mol. The van der Waals surface area contributed by atoms with Crippen molar-refractivity contribution >= 4 is 17.9 Å². The number of esters is 3. The van der Waals surface area contributed by atoms with E-state index in [1.807, 2.05) is 0 Å². The van der Waals surface area contributed by atoms with Crippen LogP contribution in [-0.4, -0.2) is 37.2 Å². The van der Waals surface area contributed by atoms with Gasteiger partial charge in [-0.3, -0.25) is 14.4 Å². The second-order valence-corrected chi connectivity index (χ2v) is 22.0. The molecule has 0 radical (unpaired) electrons. The van der Waals surface area contributed by atoms with Crippen LogP contribution in [-0.2, 0) is 28.6 Å². The molecule has 0 saturated heterocycles. The molecule has 1 unspecified atom stereocenters. The highest BCUT2D eigenvalue weighted by Crippen LogP contribution is 2.17. The van der Waals surface area contributed by atoms with Gasteiger partial charge < -0.3 is 14.2 Å². The first-order valence-electron chi connectivity index (χ1n) is 33.5. The highest BCUT2D eigenvalue weighted by atomic mass is 16.6. The summed E-state index contributed by atoms with van der Waals surface area (Å²) in [4.78, 5) is 38.1. The number of unbranched alkanes of at least 4 members (excludes halogenated alkanes) is 29. The van der Waals surface area contributed by atoms with Gasteiger partial charge in [0.05, 0.1) is 0 Å². The van der Waals surface area contributed by atoms with Crippen LogP contribution in [0.25, 0.3) is 0 Å². The standard InChI is InChI=1S/C74H124O6/c1-4-7-10-13-16-18-20-22-24-26-28-30-32-33-34-35-36-37-38-39-40-41-43-44-46-48-50-52-54-56-58-61-64-67-73(76)79-70-71(69-78-72(75)66-63-60-15-12-9-6-3)80-74(77)68-65-62-59-57-55-53-51-49-47-45-42-31-29-27-25-23-21-19-17-14-11-8-5-2/h7-8,10-11,16-19,22-25,28-31,33-34,45,47,71H,4-6,9,12-15,20-21,26-27,32,35-44,46,48-70H2,1-3H3/b10-7-,11-8-,18-16-,19-17-,24-22-,25-23-,30-28-,31-29-,34-33-,47-45-. The summed E-state index contributed by atoms with van der Waals surface area (Å²) in [5, 5.41) is 0. The molecule has 0 N–H and O–H groups in total. The van der Waals surface area contributed by atoms with Crippen molar-refractivity contribution in [1.82, 2.24) is 0 Å². The topological polar surface area (TPSA) is 78.9 Å². The zero-order valence-corrected chi connectivity index (χ0v) is 52.3. The van der Waals surface area contributed by atoms with Crippen LogP contribution in [0.3, 0.4) is 0 Å². The van der Waals surface area contributed by atoms with E-state index >= 15 is 0 Å². The number of rotatable bonds is 60. The molecule has 6 heteroatoms. The maximum Gasteiger partial charge on any atom is 0.306 e. The van der Waals surface area contributed by atoms with Gasteiger partial charge in [-0.05, 0) is 109 Å². The molecule has 0 bridgehead atoms. The van der Waals surface area contributed by atoms with E-state index in [2.05, 4.69) is 142 Å². The summed E-state index contributed by atoms with van der Waals surface area (Å²) in [6.45, 7) is 6.36. The van der Waals surface area contributed by atoms with Crippen molar-refractivity contribution < 1.29 is 28.6 Å². The molecule has 0 aliphatic heterocycles. The summed E-state index contributed by atoms with van der Waals surface area (Å²) >= 11 is 0. The van der Waals surface area contributed by atoms with Crippen LogP contribution >= 0.6 is 0 Å². The van der Waals surface area contributed by atoms with Gasteiger partial charge in [0.25, 0.3) is 0 Å². The molecule has 0 fully saturated rings. The van der Waals surface area contributed by atoms with Gasteiger partial charge in [0.15, 0.2) is 6.10 Å². The predicted octanol–water partition coefficient (Wildman–Crippen LogP) is 23.2. The van der Waals surface area contributed by atoms with E-state index < -0.39 is 6.10 Å². The second-order valence-electron chi connectivity index (χ2n) is 22.0. The SMILES string of the molecule is CC/C=C\C/C=C\C/C=C\C/C=C\C/C=C\CCCCCCCCCCCCCCCCCCCC(=O)OCC(COC(=O)CCCCCCCC)OC(=O)CCCCCCCCC/C=C\C/C=C\C/C=C\C/C=C\C/C=C\CC. The predicted molar refractivity (Wildman–Crippen MR) is 348 cm³/mol. The smallest absolute Gasteiger partial charge is 0.306 e. The molecule has 6 nitrogen and oxygen atoms in total. The lowest BCUT2D eigenvalue weighted by molar-refractivity contribution is -0.167. The van der Waals surface area contributed by atoms with Crippen molar-refractivity contribution in [3.8, 4) is 0 Å². The Labute approximate surface area is 494 Å². The summed E-state index contributed by atoms with van der Waals surface area (Å²) in [5.74, 6) is -0.895. The highest BCUT2D eigenvalue weighted by molar-refractivity contribution is 5.71. The maximum absolute atomic E-state index is 12.9. The minimum absolute atomic E-state index is 0.0814. The molecule has 0 amide bonds. The average Bonchev–Trinajstić information content (AvgIpc) is 3.46. The van der Waals surface area contributed by atoms with E-state index in [0.717, 1.165) is 128 Å². The lowest BCUT2D eigenvalue weighted by atomic mass is 10.0. The van der Waals surface area contributed by atoms with Crippen LogP contribution in [0.2, 0.25) is 0 Å². The summed E-state index contributed by atoms with van der Waals surface area (Å²) in [5.41, 5.74) is 0. The van der Waals surface area contributed by atoms with E-state index in [1.165, 1.54) is 141 Å². The minimum Gasteiger partial charge on any atom is -0.462 e. The Bertz CT molecular complexity index is 1650. The molecule has 1 atom stereocenters. The van der Waals surface area contributed by atoms with Crippen molar-refractivity contribution in [2.24, 2.45) is 0 Å². The van der Waals surface area contributed by atoms with Gasteiger partial charge in [0, 0.05) is 19.3 Å². The van der Waals surface area contributed by atoms with Crippen molar-refractivity contribution in [2.45, 2.75) is 316 Å². The number of carbonyl (C=O) groups is 3. The molecule has 0 aliphatic carbocycles. The minimum atomic E-state index is -0.783. The molecule has 456 valence electrons.